The zero-order chi connectivity index (χ0) is 12.0. The van der Waals surface area contributed by atoms with Crippen LogP contribution in [-0.2, 0) is 0 Å². The van der Waals surface area contributed by atoms with Gasteiger partial charge in [-0.3, -0.25) is 0 Å². The Morgan fingerprint density at radius 2 is 2.00 bits per heavy atom. The lowest BCUT2D eigenvalue weighted by Gasteiger charge is -2.58. The highest BCUT2D eigenvalue weighted by Crippen LogP contribution is 2.55. The van der Waals surface area contributed by atoms with Gasteiger partial charge in [-0.15, -0.1) is 0 Å². The molecule has 2 aliphatic carbocycles. The highest BCUT2D eigenvalue weighted by atomic mass is 14.8. The van der Waals surface area contributed by atoms with Gasteiger partial charge in [-0.2, -0.15) is 0 Å². The Morgan fingerprint density at radius 3 is 2.62 bits per heavy atom. The number of fused-ring (bicyclic) bond motifs is 1. The van der Waals surface area contributed by atoms with Crippen molar-refractivity contribution in [3.8, 4) is 0 Å². The van der Waals surface area contributed by atoms with E-state index in [-0.39, 0.29) is 5.54 Å². The topological polar surface area (TPSA) is 26.0 Å². The molecule has 0 heterocycles. The van der Waals surface area contributed by atoms with Gasteiger partial charge in [0.15, 0.2) is 0 Å². The third-order valence-corrected chi connectivity index (χ3v) is 5.69. The quantitative estimate of drug-likeness (QED) is 0.668. The van der Waals surface area contributed by atoms with Crippen molar-refractivity contribution in [2.45, 2.75) is 64.8 Å². The molecule has 0 spiro atoms. The second-order valence-corrected chi connectivity index (χ2v) is 6.68. The average molecular weight is 221 g/mol. The van der Waals surface area contributed by atoms with E-state index in [0.29, 0.717) is 17.3 Å². The lowest BCUT2D eigenvalue weighted by Crippen LogP contribution is -2.63. The van der Waals surface area contributed by atoms with Crippen LogP contribution in [0.1, 0.15) is 59.3 Å². The maximum atomic E-state index is 6.83. The summed E-state index contributed by atoms with van der Waals surface area (Å²) in [4.78, 5) is 0. The van der Waals surface area contributed by atoms with E-state index < -0.39 is 0 Å². The van der Waals surface area contributed by atoms with Crippen LogP contribution in [0.15, 0.2) is 12.2 Å². The molecule has 0 aromatic rings. The first-order valence-corrected chi connectivity index (χ1v) is 6.83. The largest absolute Gasteiger partial charge is 0.324 e. The van der Waals surface area contributed by atoms with Crippen LogP contribution >= 0.6 is 0 Å². The molecular weight excluding hydrogens is 194 g/mol. The molecule has 16 heavy (non-hydrogen) atoms. The Hall–Kier alpha value is -0.300. The number of hydrogen-bond donors (Lipinski definition) is 1. The van der Waals surface area contributed by atoms with E-state index in [1.165, 1.54) is 44.1 Å². The summed E-state index contributed by atoms with van der Waals surface area (Å²) in [7, 11) is 0. The maximum Gasteiger partial charge on any atom is 0.0240 e. The van der Waals surface area contributed by atoms with Gasteiger partial charge in [0, 0.05) is 5.54 Å². The van der Waals surface area contributed by atoms with Gasteiger partial charge in [-0.1, -0.05) is 32.4 Å². The summed E-state index contributed by atoms with van der Waals surface area (Å²) in [5.41, 5.74) is 8.61. The van der Waals surface area contributed by atoms with Crippen LogP contribution in [0, 0.1) is 17.3 Å². The smallest absolute Gasteiger partial charge is 0.0240 e. The minimum Gasteiger partial charge on any atom is -0.324 e. The van der Waals surface area contributed by atoms with Gasteiger partial charge < -0.3 is 5.73 Å². The molecule has 2 rings (SSSR count). The van der Waals surface area contributed by atoms with Crippen LogP contribution in [0.2, 0.25) is 0 Å². The van der Waals surface area contributed by atoms with Gasteiger partial charge in [0.25, 0.3) is 0 Å². The summed E-state index contributed by atoms with van der Waals surface area (Å²) in [6.45, 7) is 11.1. The summed E-state index contributed by atoms with van der Waals surface area (Å²) in [5, 5.41) is 0. The molecule has 0 aliphatic heterocycles. The number of hydrogen-bond acceptors (Lipinski definition) is 1. The van der Waals surface area contributed by atoms with Crippen molar-refractivity contribution >= 4 is 0 Å². The van der Waals surface area contributed by atoms with Gasteiger partial charge in [0.1, 0.15) is 0 Å². The van der Waals surface area contributed by atoms with E-state index >= 15 is 0 Å². The third-order valence-electron chi connectivity index (χ3n) is 5.69. The average Bonchev–Trinajstić information content (AvgIpc) is 2.20. The Bertz CT molecular complexity index is 296. The molecule has 4 atom stereocenters. The van der Waals surface area contributed by atoms with Crippen LogP contribution in [0.25, 0.3) is 0 Å². The molecule has 2 N–H and O–H groups in total. The molecule has 0 radical (unpaired) electrons. The van der Waals surface area contributed by atoms with Gasteiger partial charge in [0.2, 0.25) is 0 Å². The van der Waals surface area contributed by atoms with Crippen molar-refractivity contribution in [1.82, 2.24) is 0 Å². The lowest BCUT2D eigenvalue weighted by molar-refractivity contribution is -0.0218. The van der Waals surface area contributed by atoms with E-state index in [1.807, 2.05) is 0 Å². The number of rotatable bonds is 1. The van der Waals surface area contributed by atoms with Gasteiger partial charge in [-0.05, 0) is 56.3 Å². The lowest BCUT2D eigenvalue weighted by atomic mass is 9.50. The monoisotopic (exact) mass is 221 g/mol. The van der Waals surface area contributed by atoms with Crippen molar-refractivity contribution in [3.05, 3.63) is 12.2 Å². The van der Waals surface area contributed by atoms with Crippen molar-refractivity contribution in [2.24, 2.45) is 23.0 Å². The normalized spacial score (nSPS) is 48.5. The molecule has 0 saturated heterocycles. The second kappa shape index (κ2) is 3.87. The summed E-state index contributed by atoms with van der Waals surface area (Å²) in [6, 6.07) is 0. The Balaban J connectivity index is 2.26. The molecule has 0 amide bonds. The molecule has 2 saturated carbocycles. The first-order valence-electron chi connectivity index (χ1n) is 6.83. The van der Waals surface area contributed by atoms with Crippen LogP contribution in [-0.4, -0.2) is 5.54 Å². The first-order chi connectivity index (χ1) is 7.39. The zero-order valence-corrected chi connectivity index (χ0v) is 11.2. The Kier molecular flexibility index (Phi) is 2.94. The summed E-state index contributed by atoms with van der Waals surface area (Å²) >= 11 is 0. The number of allylic oxidation sites excluding steroid dienone is 1. The van der Waals surface area contributed by atoms with Gasteiger partial charge in [0.05, 0.1) is 0 Å². The standard InChI is InChI=1S/C15H27N/c1-11(2)13-7-9-14(4)8-5-6-12(3)15(14,16)10-13/h12-13H,1,5-10,16H2,2-4H3/t12-,13+,14-,15+/m1/s1. The highest BCUT2D eigenvalue weighted by molar-refractivity contribution is 5.13. The molecule has 0 bridgehead atoms. The third kappa shape index (κ3) is 1.64. The summed E-state index contributed by atoms with van der Waals surface area (Å²) in [5.74, 6) is 1.34. The van der Waals surface area contributed by atoms with E-state index in [9.17, 15) is 0 Å². The van der Waals surface area contributed by atoms with Crippen molar-refractivity contribution in [1.29, 1.82) is 0 Å². The van der Waals surface area contributed by atoms with E-state index in [2.05, 4.69) is 27.4 Å². The van der Waals surface area contributed by atoms with Crippen molar-refractivity contribution in [2.75, 3.05) is 0 Å². The molecule has 1 nitrogen and oxygen atoms in total. The molecule has 0 aromatic carbocycles. The van der Waals surface area contributed by atoms with E-state index in [4.69, 9.17) is 5.73 Å². The van der Waals surface area contributed by atoms with Crippen LogP contribution in [0.3, 0.4) is 0 Å². The van der Waals surface area contributed by atoms with Gasteiger partial charge >= 0.3 is 0 Å². The SMILES string of the molecule is C=C(C)[C@H]1CC[C@@]2(C)CCC[C@@H](C)[C@@]2(N)C1. The van der Waals surface area contributed by atoms with E-state index in [1.54, 1.807) is 0 Å². The molecule has 0 unspecified atom stereocenters. The second-order valence-electron chi connectivity index (χ2n) is 6.68. The molecular formula is C15H27N. The van der Waals surface area contributed by atoms with Crippen molar-refractivity contribution in [3.63, 3.8) is 0 Å². The molecule has 0 aromatic heterocycles. The molecule has 92 valence electrons. The first kappa shape index (κ1) is 12.2. The molecule has 2 fully saturated rings. The fourth-order valence-electron chi connectivity index (χ4n) is 4.11. The van der Waals surface area contributed by atoms with Crippen LogP contribution < -0.4 is 5.73 Å². The van der Waals surface area contributed by atoms with Gasteiger partial charge in [-0.25, -0.2) is 0 Å². The van der Waals surface area contributed by atoms with Crippen LogP contribution in [0.4, 0.5) is 0 Å². The predicted molar refractivity (Wildman–Crippen MR) is 70.2 cm³/mol. The Labute approximate surface area is 100 Å². The summed E-state index contributed by atoms with van der Waals surface area (Å²) in [6.07, 6.45) is 7.78. The summed E-state index contributed by atoms with van der Waals surface area (Å²) < 4.78 is 0. The minimum atomic E-state index is 0.0626. The molecule has 1 heteroatoms. The minimum absolute atomic E-state index is 0.0626. The Morgan fingerprint density at radius 1 is 1.31 bits per heavy atom. The van der Waals surface area contributed by atoms with E-state index in [0.717, 1.165) is 0 Å². The highest BCUT2D eigenvalue weighted by Gasteiger charge is 2.53. The molecule has 2 aliphatic rings. The zero-order valence-electron chi connectivity index (χ0n) is 11.2. The predicted octanol–water partition coefficient (Wildman–Crippen LogP) is 3.89. The fourth-order valence-corrected chi connectivity index (χ4v) is 4.11. The van der Waals surface area contributed by atoms with Crippen LogP contribution in [0.5, 0.6) is 0 Å². The van der Waals surface area contributed by atoms with Crippen molar-refractivity contribution < 1.29 is 0 Å². The maximum absolute atomic E-state index is 6.83. The number of nitrogens with two attached hydrogens (primary N) is 1. The fraction of sp³-hybridized carbons (Fsp3) is 0.867.